The smallest absolute Gasteiger partial charge is 0.146 e. The molecular formula is C10H8BrN3O. The van der Waals surface area contributed by atoms with Gasteiger partial charge in [0.2, 0.25) is 0 Å². The van der Waals surface area contributed by atoms with Crippen LogP contribution in [-0.2, 0) is 0 Å². The zero-order chi connectivity index (χ0) is 10.7. The largest absolute Gasteiger partial charge is 0.494 e. The first-order valence-electron chi connectivity index (χ1n) is 4.28. The minimum absolute atomic E-state index is 0.697. The number of ether oxygens (including phenoxy) is 1. The molecule has 0 fully saturated rings. The quantitative estimate of drug-likeness (QED) is 0.782. The number of aromatic nitrogens is 3. The van der Waals surface area contributed by atoms with Gasteiger partial charge >= 0.3 is 0 Å². The van der Waals surface area contributed by atoms with Gasteiger partial charge in [-0.1, -0.05) is 0 Å². The number of nitrogens with zero attached hydrogens (tertiary/aromatic N) is 3. The van der Waals surface area contributed by atoms with E-state index in [2.05, 4.69) is 30.9 Å². The van der Waals surface area contributed by atoms with Crippen molar-refractivity contribution in [2.24, 2.45) is 0 Å². The van der Waals surface area contributed by atoms with E-state index in [-0.39, 0.29) is 0 Å². The molecule has 0 aliphatic carbocycles. The van der Waals surface area contributed by atoms with Gasteiger partial charge in [-0.2, -0.15) is 0 Å². The molecule has 2 rings (SSSR count). The van der Waals surface area contributed by atoms with E-state index in [0.717, 1.165) is 10.3 Å². The number of rotatable bonds is 2. The molecule has 0 aromatic carbocycles. The average Bonchev–Trinajstić information content (AvgIpc) is 2.29. The SMILES string of the molecule is COc1cccnc1-c1cc(Br)ncn1. The van der Waals surface area contributed by atoms with Gasteiger partial charge in [0.1, 0.15) is 22.4 Å². The molecule has 0 atom stereocenters. The molecule has 0 amide bonds. The third-order valence-corrected chi connectivity index (χ3v) is 2.30. The fraction of sp³-hybridized carbons (Fsp3) is 0.100. The second-order valence-corrected chi connectivity index (χ2v) is 3.59. The fourth-order valence-electron chi connectivity index (χ4n) is 1.21. The van der Waals surface area contributed by atoms with Crippen LogP contribution in [0.25, 0.3) is 11.4 Å². The number of hydrogen-bond donors (Lipinski definition) is 0. The van der Waals surface area contributed by atoms with Crippen molar-refractivity contribution < 1.29 is 4.74 Å². The molecule has 76 valence electrons. The number of pyridine rings is 1. The summed E-state index contributed by atoms with van der Waals surface area (Å²) in [4.78, 5) is 12.3. The van der Waals surface area contributed by atoms with Crippen molar-refractivity contribution in [2.45, 2.75) is 0 Å². The van der Waals surface area contributed by atoms with Gasteiger partial charge < -0.3 is 4.74 Å². The normalized spacial score (nSPS) is 10.0. The van der Waals surface area contributed by atoms with Crippen LogP contribution in [0.2, 0.25) is 0 Å². The van der Waals surface area contributed by atoms with Crippen LogP contribution in [-0.4, -0.2) is 22.1 Å². The lowest BCUT2D eigenvalue weighted by molar-refractivity contribution is 0.414. The maximum absolute atomic E-state index is 5.20. The van der Waals surface area contributed by atoms with Gasteiger partial charge in [-0.05, 0) is 34.1 Å². The highest BCUT2D eigenvalue weighted by Gasteiger charge is 2.07. The van der Waals surface area contributed by atoms with E-state index in [9.17, 15) is 0 Å². The number of hydrogen-bond acceptors (Lipinski definition) is 4. The Balaban J connectivity index is 2.53. The Bertz CT molecular complexity index is 476. The summed E-state index contributed by atoms with van der Waals surface area (Å²) in [5.74, 6) is 0.697. The molecule has 2 heterocycles. The molecule has 0 aliphatic rings. The van der Waals surface area contributed by atoms with Crippen molar-refractivity contribution in [1.82, 2.24) is 15.0 Å². The molecule has 5 heteroatoms. The van der Waals surface area contributed by atoms with E-state index < -0.39 is 0 Å². The van der Waals surface area contributed by atoms with E-state index in [1.54, 1.807) is 19.4 Å². The zero-order valence-electron chi connectivity index (χ0n) is 8.01. The van der Waals surface area contributed by atoms with Gasteiger partial charge in [0.25, 0.3) is 0 Å². The van der Waals surface area contributed by atoms with Crippen LogP contribution in [0.15, 0.2) is 35.3 Å². The topological polar surface area (TPSA) is 47.9 Å². The predicted molar refractivity (Wildman–Crippen MR) is 59.5 cm³/mol. The van der Waals surface area contributed by atoms with Crippen molar-refractivity contribution in [3.8, 4) is 17.1 Å². The third kappa shape index (κ3) is 2.12. The van der Waals surface area contributed by atoms with Crippen molar-refractivity contribution in [1.29, 1.82) is 0 Å². The van der Waals surface area contributed by atoms with Crippen LogP contribution in [0, 0.1) is 0 Å². The van der Waals surface area contributed by atoms with Crippen molar-refractivity contribution in [2.75, 3.05) is 7.11 Å². The molecule has 0 saturated carbocycles. The Morgan fingerprint density at radius 2 is 2.13 bits per heavy atom. The first-order chi connectivity index (χ1) is 7.31. The molecular weight excluding hydrogens is 258 g/mol. The second-order valence-electron chi connectivity index (χ2n) is 2.78. The van der Waals surface area contributed by atoms with Crippen molar-refractivity contribution >= 4 is 15.9 Å². The molecule has 0 radical (unpaired) electrons. The monoisotopic (exact) mass is 265 g/mol. The molecule has 0 unspecified atom stereocenters. The van der Waals surface area contributed by atoms with Crippen LogP contribution in [0.4, 0.5) is 0 Å². The fourth-order valence-corrected chi connectivity index (χ4v) is 1.52. The molecule has 0 spiro atoms. The van der Waals surface area contributed by atoms with Crippen LogP contribution in [0.1, 0.15) is 0 Å². The van der Waals surface area contributed by atoms with Gasteiger partial charge in [-0.15, -0.1) is 0 Å². The number of methoxy groups -OCH3 is 1. The first-order valence-corrected chi connectivity index (χ1v) is 5.07. The van der Waals surface area contributed by atoms with E-state index in [1.165, 1.54) is 6.33 Å². The minimum Gasteiger partial charge on any atom is -0.494 e. The lowest BCUT2D eigenvalue weighted by Gasteiger charge is -2.05. The third-order valence-electron chi connectivity index (χ3n) is 1.87. The van der Waals surface area contributed by atoms with E-state index in [4.69, 9.17) is 4.74 Å². The highest BCUT2D eigenvalue weighted by Crippen LogP contribution is 2.26. The molecule has 2 aromatic rings. The Morgan fingerprint density at radius 3 is 2.87 bits per heavy atom. The Hall–Kier alpha value is -1.49. The zero-order valence-corrected chi connectivity index (χ0v) is 9.60. The summed E-state index contributed by atoms with van der Waals surface area (Å²) in [6, 6.07) is 5.46. The Kier molecular flexibility index (Phi) is 2.91. The van der Waals surface area contributed by atoms with Crippen molar-refractivity contribution in [3.63, 3.8) is 0 Å². The van der Waals surface area contributed by atoms with Crippen LogP contribution in [0.5, 0.6) is 5.75 Å². The summed E-state index contributed by atoms with van der Waals surface area (Å²) in [7, 11) is 1.61. The Morgan fingerprint density at radius 1 is 1.27 bits per heavy atom. The van der Waals surface area contributed by atoms with E-state index in [1.807, 2.05) is 12.1 Å². The summed E-state index contributed by atoms with van der Waals surface area (Å²) in [6.07, 6.45) is 3.18. The van der Waals surface area contributed by atoms with E-state index in [0.29, 0.717) is 11.4 Å². The van der Waals surface area contributed by atoms with E-state index >= 15 is 0 Å². The lowest BCUT2D eigenvalue weighted by Crippen LogP contribution is -1.93. The highest BCUT2D eigenvalue weighted by atomic mass is 79.9. The van der Waals surface area contributed by atoms with Gasteiger partial charge in [-0.3, -0.25) is 4.98 Å². The summed E-state index contributed by atoms with van der Waals surface area (Å²) >= 11 is 3.29. The first kappa shape index (κ1) is 10.0. The lowest BCUT2D eigenvalue weighted by atomic mass is 10.2. The number of halogens is 1. The molecule has 2 aromatic heterocycles. The standard InChI is InChI=1S/C10H8BrN3O/c1-15-8-3-2-4-12-10(8)7-5-9(11)14-6-13-7/h2-6H,1H3. The van der Waals surface area contributed by atoms with Gasteiger partial charge in [-0.25, -0.2) is 9.97 Å². The molecule has 4 nitrogen and oxygen atoms in total. The average molecular weight is 266 g/mol. The van der Waals surface area contributed by atoms with Crippen molar-refractivity contribution in [3.05, 3.63) is 35.3 Å². The summed E-state index contributed by atoms with van der Waals surface area (Å²) in [5.41, 5.74) is 1.44. The molecule has 0 bridgehead atoms. The Labute approximate surface area is 95.5 Å². The maximum Gasteiger partial charge on any atom is 0.146 e. The summed E-state index contributed by atoms with van der Waals surface area (Å²) < 4.78 is 5.92. The van der Waals surface area contributed by atoms with Gasteiger partial charge in [0.05, 0.1) is 12.8 Å². The van der Waals surface area contributed by atoms with Gasteiger partial charge in [0, 0.05) is 6.20 Å². The molecule has 15 heavy (non-hydrogen) atoms. The predicted octanol–water partition coefficient (Wildman–Crippen LogP) is 2.31. The van der Waals surface area contributed by atoms with Crippen LogP contribution in [0.3, 0.4) is 0 Å². The summed E-state index contributed by atoms with van der Waals surface area (Å²) in [5, 5.41) is 0. The molecule has 0 aliphatic heterocycles. The minimum atomic E-state index is 0.697. The van der Waals surface area contributed by atoms with Crippen LogP contribution >= 0.6 is 15.9 Å². The second kappa shape index (κ2) is 4.35. The molecule has 0 N–H and O–H groups in total. The highest BCUT2D eigenvalue weighted by molar-refractivity contribution is 9.10. The maximum atomic E-state index is 5.20. The van der Waals surface area contributed by atoms with Gasteiger partial charge in [0.15, 0.2) is 0 Å². The molecule has 0 saturated heterocycles. The van der Waals surface area contributed by atoms with Crippen LogP contribution < -0.4 is 4.74 Å². The summed E-state index contributed by atoms with van der Waals surface area (Å²) in [6.45, 7) is 0.